The van der Waals surface area contributed by atoms with Crippen LogP contribution in [0.3, 0.4) is 0 Å². The molecule has 0 radical (unpaired) electrons. The van der Waals surface area contributed by atoms with Gasteiger partial charge in [0.15, 0.2) is 0 Å². The largest absolute Gasteiger partial charge is 0.326 e. The SMILES string of the molecule is Cc1nn(C)c(SC2CCCCC2)c1CN. The van der Waals surface area contributed by atoms with Crippen LogP contribution in [0.15, 0.2) is 5.03 Å². The van der Waals surface area contributed by atoms with Gasteiger partial charge in [-0.2, -0.15) is 5.10 Å². The summed E-state index contributed by atoms with van der Waals surface area (Å²) >= 11 is 1.98. The third kappa shape index (κ3) is 2.43. The number of aryl methyl sites for hydroxylation is 2. The van der Waals surface area contributed by atoms with Crippen molar-refractivity contribution in [2.75, 3.05) is 0 Å². The molecule has 1 aromatic heterocycles. The van der Waals surface area contributed by atoms with Gasteiger partial charge in [0.25, 0.3) is 0 Å². The second-order valence-corrected chi connectivity index (χ2v) is 5.86. The summed E-state index contributed by atoms with van der Waals surface area (Å²) < 4.78 is 2.00. The quantitative estimate of drug-likeness (QED) is 0.881. The Hall–Kier alpha value is -0.480. The second-order valence-electron chi connectivity index (χ2n) is 4.57. The van der Waals surface area contributed by atoms with E-state index in [0.29, 0.717) is 6.54 Å². The zero-order valence-corrected chi connectivity index (χ0v) is 11.0. The summed E-state index contributed by atoms with van der Waals surface area (Å²) in [6, 6.07) is 0. The third-order valence-corrected chi connectivity index (χ3v) is 4.86. The van der Waals surface area contributed by atoms with Crippen LogP contribution >= 0.6 is 11.8 Å². The molecule has 0 aromatic carbocycles. The van der Waals surface area contributed by atoms with Gasteiger partial charge in [-0.05, 0) is 19.8 Å². The van der Waals surface area contributed by atoms with Gasteiger partial charge in [-0.15, -0.1) is 11.8 Å². The van der Waals surface area contributed by atoms with Crippen molar-refractivity contribution in [2.45, 2.75) is 55.8 Å². The maximum absolute atomic E-state index is 5.80. The van der Waals surface area contributed by atoms with E-state index in [1.807, 2.05) is 30.4 Å². The molecule has 0 spiro atoms. The van der Waals surface area contributed by atoms with Gasteiger partial charge in [-0.25, -0.2) is 0 Å². The van der Waals surface area contributed by atoms with E-state index in [2.05, 4.69) is 5.10 Å². The summed E-state index contributed by atoms with van der Waals surface area (Å²) in [5, 5.41) is 6.52. The van der Waals surface area contributed by atoms with E-state index in [-0.39, 0.29) is 0 Å². The highest BCUT2D eigenvalue weighted by atomic mass is 32.2. The van der Waals surface area contributed by atoms with Crippen LogP contribution in [-0.2, 0) is 13.6 Å². The number of hydrogen-bond acceptors (Lipinski definition) is 3. The number of rotatable bonds is 3. The standard InChI is InChI=1S/C12H21N3S/c1-9-11(8-13)12(15(2)14-9)16-10-6-4-3-5-7-10/h10H,3-8,13H2,1-2H3. The normalized spacial score (nSPS) is 17.9. The van der Waals surface area contributed by atoms with Crippen LogP contribution in [0.5, 0.6) is 0 Å². The van der Waals surface area contributed by atoms with E-state index in [1.54, 1.807) is 0 Å². The van der Waals surface area contributed by atoms with Crippen LogP contribution in [0.25, 0.3) is 0 Å². The van der Waals surface area contributed by atoms with E-state index >= 15 is 0 Å². The molecule has 90 valence electrons. The zero-order valence-electron chi connectivity index (χ0n) is 10.2. The molecule has 1 aliphatic carbocycles. The molecule has 1 aromatic rings. The van der Waals surface area contributed by atoms with E-state index in [9.17, 15) is 0 Å². The van der Waals surface area contributed by atoms with E-state index in [1.165, 1.54) is 42.7 Å². The monoisotopic (exact) mass is 239 g/mol. The van der Waals surface area contributed by atoms with Crippen molar-refractivity contribution in [3.05, 3.63) is 11.3 Å². The third-order valence-electron chi connectivity index (χ3n) is 3.32. The fraction of sp³-hybridized carbons (Fsp3) is 0.750. The molecule has 0 bridgehead atoms. The predicted molar refractivity (Wildman–Crippen MR) is 68.6 cm³/mol. The highest BCUT2D eigenvalue weighted by Crippen LogP contribution is 2.35. The molecule has 0 saturated heterocycles. The molecule has 2 N–H and O–H groups in total. The maximum Gasteiger partial charge on any atom is 0.0987 e. The van der Waals surface area contributed by atoms with Gasteiger partial charge in [0.1, 0.15) is 0 Å². The van der Waals surface area contributed by atoms with Gasteiger partial charge in [-0.3, -0.25) is 4.68 Å². The van der Waals surface area contributed by atoms with Crippen LogP contribution in [-0.4, -0.2) is 15.0 Å². The summed E-state index contributed by atoms with van der Waals surface area (Å²) in [4.78, 5) is 0. The van der Waals surface area contributed by atoms with Crippen molar-refractivity contribution < 1.29 is 0 Å². The molecule has 3 nitrogen and oxygen atoms in total. The highest BCUT2D eigenvalue weighted by Gasteiger charge is 2.19. The molecule has 0 amide bonds. The minimum absolute atomic E-state index is 0.606. The zero-order chi connectivity index (χ0) is 11.5. The Morgan fingerprint density at radius 1 is 1.38 bits per heavy atom. The summed E-state index contributed by atoms with van der Waals surface area (Å²) in [7, 11) is 2.03. The maximum atomic E-state index is 5.80. The van der Waals surface area contributed by atoms with Gasteiger partial charge >= 0.3 is 0 Å². The first-order valence-corrected chi connectivity index (χ1v) is 6.99. The minimum Gasteiger partial charge on any atom is -0.326 e. The molecule has 0 unspecified atom stereocenters. The van der Waals surface area contributed by atoms with Crippen LogP contribution in [0.2, 0.25) is 0 Å². The van der Waals surface area contributed by atoms with Crippen LogP contribution < -0.4 is 5.73 Å². The van der Waals surface area contributed by atoms with Gasteiger partial charge in [0.2, 0.25) is 0 Å². The Balaban J connectivity index is 2.13. The van der Waals surface area contributed by atoms with Crippen molar-refractivity contribution in [2.24, 2.45) is 12.8 Å². The van der Waals surface area contributed by atoms with Gasteiger partial charge in [-0.1, -0.05) is 19.3 Å². The smallest absolute Gasteiger partial charge is 0.0987 e. The lowest BCUT2D eigenvalue weighted by molar-refractivity contribution is 0.514. The van der Waals surface area contributed by atoms with Crippen molar-refractivity contribution in [1.29, 1.82) is 0 Å². The van der Waals surface area contributed by atoms with E-state index in [4.69, 9.17) is 5.73 Å². The summed E-state index contributed by atoms with van der Waals surface area (Å²) in [6.07, 6.45) is 6.86. The first-order valence-electron chi connectivity index (χ1n) is 6.11. The molecule has 1 fully saturated rings. The molecule has 16 heavy (non-hydrogen) atoms. The molecule has 0 atom stereocenters. The summed E-state index contributed by atoms with van der Waals surface area (Å²) in [6.45, 7) is 2.65. The van der Waals surface area contributed by atoms with E-state index in [0.717, 1.165) is 10.9 Å². The fourth-order valence-electron chi connectivity index (χ4n) is 2.40. The Kier molecular flexibility index (Phi) is 3.92. The highest BCUT2D eigenvalue weighted by molar-refractivity contribution is 7.99. The van der Waals surface area contributed by atoms with Gasteiger partial charge < -0.3 is 5.73 Å². The van der Waals surface area contributed by atoms with Crippen molar-refractivity contribution in [3.8, 4) is 0 Å². The molecular formula is C12H21N3S. The number of nitrogens with zero attached hydrogens (tertiary/aromatic N) is 2. The van der Waals surface area contributed by atoms with Crippen molar-refractivity contribution in [1.82, 2.24) is 9.78 Å². The lowest BCUT2D eigenvalue weighted by Crippen LogP contribution is -2.10. The molecule has 4 heteroatoms. The topological polar surface area (TPSA) is 43.8 Å². The predicted octanol–water partition coefficient (Wildman–Crippen LogP) is 2.61. The summed E-state index contributed by atoms with van der Waals surface area (Å²) in [5.41, 5.74) is 8.12. The Morgan fingerprint density at radius 3 is 2.69 bits per heavy atom. The Labute approximate surface area is 102 Å². The van der Waals surface area contributed by atoms with Crippen LogP contribution in [0.1, 0.15) is 43.4 Å². The lowest BCUT2D eigenvalue weighted by atomic mass is 10.0. The first-order chi connectivity index (χ1) is 7.72. The van der Waals surface area contributed by atoms with Crippen molar-refractivity contribution in [3.63, 3.8) is 0 Å². The van der Waals surface area contributed by atoms with E-state index < -0.39 is 0 Å². The lowest BCUT2D eigenvalue weighted by Gasteiger charge is -2.21. The van der Waals surface area contributed by atoms with Crippen LogP contribution in [0, 0.1) is 6.92 Å². The average Bonchev–Trinajstić information content (AvgIpc) is 2.55. The van der Waals surface area contributed by atoms with Gasteiger partial charge in [0, 0.05) is 24.4 Å². The average molecular weight is 239 g/mol. The Morgan fingerprint density at radius 2 is 2.06 bits per heavy atom. The number of nitrogens with two attached hydrogens (primary N) is 1. The second kappa shape index (κ2) is 5.23. The van der Waals surface area contributed by atoms with Crippen LogP contribution in [0.4, 0.5) is 0 Å². The molecule has 1 heterocycles. The molecule has 1 aliphatic rings. The fourth-order valence-corrected chi connectivity index (χ4v) is 3.86. The number of aromatic nitrogens is 2. The van der Waals surface area contributed by atoms with Gasteiger partial charge in [0.05, 0.1) is 10.7 Å². The number of thioether (sulfide) groups is 1. The molecular weight excluding hydrogens is 218 g/mol. The summed E-state index contributed by atoms with van der Waals surface area (Å²) in [5.74, 6) is 0. The molecule has 0 aliphatic heterocycles. The molecule has 2 rings (SSSR count). The van der Waals surface area contributed by atoms with Crippen molar-refractivity contribution >= 4 is 11.8 Å². The Bertz CT molecular complexity index is 353. The minimum atomic E-state index is 0.606. The number of hydrogen-bond donors (Lipinski definition) is 1. The molecule has 1 saturated carbocycles. The first kappa shape index (κ1) is 12.0.